The fourth-order valence-corrected chi connectivity index (χ4v) is 10.7. The SMILES string of the molecule is c1ccc(-c2c(-c3ccccc3)c3cc(-c4cccc(N(c5cccc6c5ccc5ccccc56)c5cccc6c5sc5ccccc56)c4)ccc3c3ccccc23)cc1. The molecule has 1 nitrogen and oxygen atoms in total. The second-order valence-electron chi connectivity index (χ2n) is 15.6. The molecule has 0 spiro atoms. The Morgan fingerprint density at radius 1 is 0.283 bits per heavy atom. The number of benzene rings is 11. The minimum atomic E-state index is 1.12. The zero-order valence-electron chi connectivity index (χ0n) is 32.7. The van der Waals surface area contributed by atoms with E-state index in [1.54, 1.807) is 0 Å². The first-order chi connectivity index (χ1) is 29.8. The second kappa shape index (κ2) is 14.1. The third-order valence-electron chi connectivity index (χ3n) is 12.2. The quantitative estimate of drug-likeness (QED) is 0.152. The molecular formula is C58H37NS. The van der Waals surface area contributed by atoms with Crippen LogP contribution in [0.15, 0.2) is 224 Å². The predicted molar refractivity (Wildman–Crippen MR) is 260 cm³/mol. The van der Waals surface area contributed by atoms with Gasteiger partial charge in [0.05, 0.1) is 16.1 Å². The molecule has 0 bridgehead atoms. The molecule has 0 aliphatic heterocycles. The lowest BCUT2D eigenvalue weighted by Gasteiger charge is -2.28. The molecule has 0 aliphatic rings. The van der Waals surface area contributed by atoms with Crippen LogP contribution in [0.3, 0.4) is 0 Å². The van der Waals surface area contributed by atoms with Crippen LogP contribution in [-0.2, 0) is 0 Å². The van der Waals surface area contributed by atoms with Crippen LogP contribution in [0.2, 0.25) is 0 Å². The van der Waals surface area contributed by atoms with E-state index in [4.69, 9.17) is 0 Å². The first kappa shape index (κ1) is 34.5. The Balaban J connectivity index is 1.11. The van der Waals surface area contributed by atoms with Crippen molar-refractivity contribution in [2.45, 2.75) is 0 Å². The number of rotatable bonds is 6. The summed E-state index contributed by atoms with van der Waals surface area (Å²) in [4.78, 5) is 2.50. The van der Waals surface area contributed by atoms with Crippen LogP contribution < -0.4 is 4.90 Å². The molecule has 11 aromatic carbocycles. The van der Waals surface area contributed by atoms with Crippen molar-refractivity contribution in [3.63, 3.8) is 0 Å². The lowest BCUT2D eigenvalue weighted by atomic mass is 9.84. The number of fused-ring (bicyclic) bond motifs is 9. The molecule has 1 heterocycles. The summed E-state index contributed by atoms with van der Waals surface area (Å²) in [7, 11) is 0. The van der Waals surface area contributed by atoms with Gasteiger partial charge in [-0.3, -0.25) is 0 Å². The van der Waals surface area contributed by atoms with E-state index in [-0.39, 0.29) is 0 Å². The van der Waals surface area contributed by atoms with Gasteiger partial charge in [-0.15, -0.1) is 11.3 Å². The van der Waals surface area contributed by atoms with Crippen LogP contribution in [0, 0.1) is 0 Å². The van der Waals surface area contributed by atoms with Gasteiger partial charge < -0.3 is 4.90 Å². The first-order valence-corrected chi connectivity index (χ1v) is 21.4. The maximum atomic E-state index is 2.50. The Bertz CT molecular complexity index is 3600. The molecule has 12 aromatic rings. The monoisotopic (exact) mass is 779 g/mol. The number of anilines is 3. The van der Waals surface area contributed by atoms with Crippen LogP contribution in [0.4, 0.5) is 17.1 Å². The summed E-state index contributed by atoms with van der Waals surface area (Å²) in [5, 5.41) is 12.6. The lowest BCUT2D eigenvalue weighted by molar-refractivity contribution is 1.32. The standard InChI is InChI=1S/C58H37NS/c1-3-17-39(18-4-1)56-50-26-10-9-24-46(50)47-34-33-42(37-52(47)57(56)40-19-5-2-6-20-40)41-21-13-22-43(36-41)59(54-30-15-28-51-49-25-11-12-31-55(49)60-58(51)54)53-29-14-27-45-44-23-8-7-16-38(44)32-35-48(45)53/h1-37H. The number of nitrogens with zero attached hydrogens (tertiary/aromatic N) is 1. The molecule has 280 valence electrons. The van der Waals surface area contributed by atoms with E-state index >= 15 is 0 Å². The molecule has 0 saturated carbocycles. The van der Waals surface area contributed by atoms with E-state index in [2.05, 4.69) is 229 Å². The van der Waals surface area contributed by atoms with E-state index in [0.29, 0.717) is 0 Å². The minimum Gasteiger partial charge on any atom is -0.308 e. The van der Waals surface area contributed by atoms with Crippen LogP contribution in [0.25, 0.3) is 96.6 Å². The Morgan fingerprint density at radius 3 is 1.62 bits per heavy atom. The summed E-state index contributed by atoms with van der Waals surface area (Å²) < 4.78 is 2.57. The lowest BCUT2D eigenvalue weighted by Crippen LogP contribution is -2.10. The second-order valence-corrected chi connectivity index (χ2v) is 16.6. The summed E-state index contributed by atoms with van der Waals surface area (Å²) in [5.41, 5.74) is 10.8. The molecule has 60 heavy (non-hydrogen) atoms. The highest BCUT2D eigenvalue weighted by molar-refractivity contribution is 7.26. The van der Waals surface area contributed by atoms with E-state index in [1.807, 2.05) is 11.3 Å². The molecule has 0 N–H and O–H groups in total. The van der Waals surface area contributed by atoms with Gasteiger partial charge in [0.1, 0.15) is 0 Å². The highest BCUT2D eigenvalue weighted by atomic mass is 32.1. The van der Waals surface area contributed by atoms with E-state index in [9.17, 15) is 0 Å². The molecule has 0 aliphatic carbocycles. The third kappa shape index (κ3) is 5.53. The summed E-state index contributed by atoms with van der Waals surface area (Å²) in [6, 6.07) is 82.6. The molecule has 0 amide bonds. The molecule has 0 fully saturated rings. The van der Waals surface area contributed by atoms with Crippen molar-refractivity contribution in [3.05, 3.63) is 224 Å². The van der Waals surface area contributed by atoms with Gasteiger partial charge in [0.2, 0.25) is 0 Å². The number of hydrogen-bond donors (Lipinski definition) is 0. The zero-order valence-corrected chi connectivity index (χ0v) is 33.5. The normalized spacial score (nSPS) is 11.7. The van der Waals surface area contributed by atoms with Crippen molar-refractivity contribution in [1.82, 2.24) is 0 Å². The van der Waals surface area contributed by atoms with E-state index in [0.717, 1.165) is 11.4 Å². The first-order valence-electron chi connectivity index (χ1n) is 20.6. The molecule has 1 aromatic heterocycles. The summed E-state index contributed by atoms with van der Waals surface area (Å²) in [6.45, 7) is 0. The van der Waals surface area contributed by atoms with Gasteiger partial charge in [-0.25, -0.2) is 0 Å². The van der Waals surface area contributed by atoms with E-state index in [1.165, 1.54) is 102 Å². The molecule has 0 unspecified atom stereocenters. The molecular weight excluding hydrogens is 743 g/mol. The van der Waals surface area contributed by atoms with Crippen LogP contribution in [-0.4, -0.2) is 0 Å². The van der Waals surface area contributed by atoms with Crippen molar-refractivity contribution in [1.29, 1.82) is 0 Å². The van der Waals surface area contributed by atoms with Gasteiger partial charge in [0.25, 0.3) is 0 Å². The van der Waals surface area contributed by atoms with Gasteiger partial charge in [-0.05, 0) is 107 Å². The Morgan fingerprint density at radius 2 is 0.817 bits per heavy atom. The van der Waals surface area contributed by atoms with Gasteiger partial charge in [0.15, 0.2) is 0 Å². The van der Waals surface area contributed by atoms with Gasteiger partial charge >= 0.3 is 0 Å². The van der Waals surface area contributed by atoms with Crippen molar-refractivity contribution >= 4 is 91.7 Å². The van der Waals surface area contributed by atoms with Gasteiger partial charge in [-0.1, -0.05) is 188 Å². The van der Waals surface area contributed by atoms with Crippen LogP contribution in [0.5, 0.6) is 0 Å². The van der Waals surface area contributed by atoms with E-state index < -0.39 is 0 Å². The largest absolute Gasteiger partial charge is 0.308 e. The van der Waals surface area contributed by atoms with Crippen molar-refractivity contribution in [3.8, 4) is 33.4 Å². The average molecular weight is 780 g/mol. The fraction of sp³-hybridized carbons (Fsp3) is 0. The number of hydrogen-bond acceptors (Lipinski definition) is 2. The molecule has 12 rings (SSSR count). The van der Waals surface area contributed by atoms with Crippen LogP contribution in [0.1, 0.15) is 0 Å². The maximum Gasteiger partial charge on any atom is 0.0640 e. The van der Waals surface area contributed by atoms with Gasteiger partial charge in [-0.2, -0.15) is 0 Å². The third-order valence-corrected chi connectivity index (χ3v) is 13.4. The summed E-state index contributed by atoms with van der Waals surface area (Å²) in [6.07, 6.45) is 0. The Labute approximate surface area is 352 Å². The summed E-state index contributed by atoms with van der Waals surface area (Å²) >= 11 is 1.87. The molecule has 0 radical (unpaired) electrons. The smallest absolute Gasteiger partial charge is 0.0640 e. The Hall–Kier alpha value is -7.52. The van der Waals surface area contributed by atoms with Crippen molar-refractivity contribution < 1.29 is 0 Å². The Kier molecular flexibility index (Phi) is 8.11. The fourth-order valence-electron chi connectivity index (χ4n) is 9.54. The highest BCUT2D eigenvalue weighted by Gasteiger charge is 2.22. The number of thiophene rings is 1. The average Bonchev–Trinajstić information content (AvgIpc) is 3.71. The molecule has 2 heteroatoms. The van der Waals surface area contributed by atoms with Crippen molar-refractivity contribution in [2.75, 3.05) is 4.90 Å². The summed E-state index contributed by atoms with van der Waals surface area (Å²) in [5.74, 6) is 0. The zero-order chi connectivity index (χ0) is 39.6. The molecule has 0 saturated heterocycles. The maximum absolute atomic E-state index is 2.50. The molecule has 0 atom stereocenters. The predicted octanol–water partition coefficient (Wildman–Crippen LogP) is 17.1. The topological polar surface area (TPSA) is 3.24 Å². The minimum absolute atomic E-state index is 1.12. The van der Waals surface area contributed by atoms with Gasteiger partial charge in [0, 0.05) is 26.5 Å². The van der Waals surface area contributed by atoms with Crippen LogP contribution >= 0.6 is 11.3 Å². The highest BCUT2D eigenvalue weighted by Crippen LogP contribution is 2.49. The van der Waals surface area contributed by atoms with Crippen molar-refractivity contribution in [2.24, 2.45) is 0 Å².